The number of halogens is 2. The van der Waals surface area contributed by atoms with Gasteiger partial charge in [-0.05, 0) is 30.3 Å². The third-order valence-electron chi connectivity index (χ3n) is 3.67. The van der Waals surface area contributed by atoms with Crippen LogP contribution in [0, 0.1) is 5.82 Å². The van der Waals surface area contributed by atoms with Gasteiger partial charge in [-0.15, -0.1) is 6.58 Å². The number of benzene rings is 2. The molecule has 26 heavy (non-hydrogen) atoms. The fourth-order valence-corrected chi connectivity index (χ4v) is 3.52. The van der Waals surface area contributed by atoms with Crippen molar-refractivity contribution in [2.45, 2.75) is 11.7 Å². The van der Waals surface area contributed by atoms with Gasteiger partial charge in [-0.25, -0.2) is 9.37 Å². The van der Waals surface area contributed by atoms with Crippen molar-refractivity contribution in [2.24, 2.45) is 0 Å². The van der Waals surface area contributed by atoms with Gasteiger partial charge in [0.15, 0.2) is 10.9 Å². The van der Waals surface area contributed by atoms with Crippen LogP contribution in [0.25, 0.3) is 10.9 Å². The molecule has 132 valence electrons. The molecule has 0 unspecified atom stereocenters. The van der Waals surface area contributed by atoms with Gasteiger partial charge < -0.3 is 0 Å². The summed E-state index contributed by atoms with van der Waals surface area (Å²) in [5, 5.41) is 1.25. The van der Waals surface area contributed by atoms with Gasteiger partial charge in [0.2, 0.25) is 0 Å². The molecule has 0 aliphatic heterocycles. The number of nitrogens with zero attached hydrogens (tertiary/aromatic N) is 2. The lowest BCUT2D eigenvalue weighted by molar-refractivity contribution is 0.102. The topological polar surface area (TPSA) is 52.0 Å². The van der Waals surface area contributed by atoms with E-state index >= 15 is 0 Å². The van der Waals surface area contributed by atoms with Gasteiger partial charge in [0.05, 0.1) is 16.7 Å². The van der Waals surface area contributed by atoms with Crippen molar-refractivity contribution in [3.63, 3.8) is 0 Å². The summed E-state index contributed by atoms with van der Waals surface area (Å²) in [5.74, 6) is -0.679. The number of rotatable bonds is 6. The Bertz CT molecular complexity index is 1070. The zero-order valence-electron chi connectivity index (χ0n) is 13.6. The van der Waals surface area contributed by atoms with Crippen LogP contribution in [0.2, 0.25) is 5.02 Å². The lowest BCUT2D eigenvalue weighted by Gasteiger charge is -2.11. The normalized spacial score (nSPS) is 10.8. The zero-order chi connectivity index (χ0) is 18.7. The predicted molar refractivity (Wildman–Crippen MR) is 103 cm³/mol. The molecule has 0 bridgehead atoms. The number of carbonyl (C=O) groups is 1. The average Bonchev–Trinajstić information content (AvgIpc) is 2.63. The monoisotopic (exact) mass is 388 g/mol. The van der Waals surface area contributed by atoms with Crippen LogP contribution in [-0.4, -0.2) is 21.1 Å². The van der Waals surface area contributed by atoms with Crippen LogP contribution in [0.4, 0.5) is 4.39 Å². The third-order valence-corrected chi connectivity index (χ3v) is 4.88. The number of fused-ring (bicyclic) bond motifs is 1. The van der Waals surface area contributed by atoms with E-state index < -0.39 is 5.82 Å². The van der Waals surface area contributed by atoms with Crippen LogP contribution in [0.1, 0.15) is 10.4 Å². The van der Waals surface area contributed by atoms with E-state index in [0.29, 0.717) is 21.1 Å². The highest BCUT2D eigenvalue weighted by Gasteiger charge is 2.14. The second kappa shape index (κ2) is 7.85. The summed E-state index contributed by atoms with van der Waals surface area (Å²) in [6.45, 7) is 3.91. The molecule has 0 saturated carbocycles. The standard InChI is InChI=1S/C19H14ClFN2O2S/c1-2-8-23-18(25)15-10-13(20)6-7-16(15)22-19(23)26-11-17(24)12-4-3-5-14(21)9-12/h2-7,9-10H,1,8,11H2. The Morgan fingerprint density at radius 3 is 2.85 bits per heavy atom. The quantitative estimate of drug-likeness (QED) is 0.272. The van der Waals surface area contributed by atoms with Crippen molar-refractivity contribution >= 4 is 40.0 Å². The second-order valence-electron chi connectivity index (χ2n) is 5.48. The summed E-state index contributed by atoms with van der Waals surface area (Å²) in [5.41, 5.74) is 0.529. The number of ketones is 1. The SMILES string of the molecule is C=CCn1c(SCC(=O)c2cccc(F)c2)nc2ccc(Cl)cc2c1=O. The highest BCUT2D eigenvalue weighted by atomic mass is 35.5. The molecule has 4 nitrogen and oxygen atoms in total. The minimum absolute atomic E-state index is 0.0339. The van der Waals surface area contributed by atoms with E-state index in [2.05, 4.69) is 11.6 Å². The van der Waals surface area contributed by atoms with E-state index in [1.807, 2.05) is 0 Å². The fourth-order valence-electron chi connectivity index (χ4n) is 2.45. The van der Waals surface area contributed by atoms with Crippen LogP contribution in [-0.2, 0) is 6.54 Å². The molecule has 3 aromatic rings. The minimum Gasteiger partial charge on any atom is -0.293 e. The van der Waals surface area contributed by atoms with Crippen LogP contribution < -0.4 is 5.56 Å². The van der Waals surface area contributed by atoms with E-state index in [1.165, 1.54) is 22.8 Å². The number of hydrogen-bond acceptors (Lipinski definition) is 4. The molecule has 2 aromatic carbocycles. The Balaban J connectivity index is 1.95. The smallest absolute Gasteiger partial charge is 0.262 e. The van der Waals surface area contributed by atoms with Crippen LogP contribution in [0.15, 0.2) is 65.1 Å². The molecule has 0 fully saturated rings. The Morgan fingerprint density at radius 2 is 2.12 bits per heavy atom. The van der Waals surface area contributed by atoms with E-state index in [1.54, 1.807) is 30.3 Å². The maximum atomic E-state index is 13.3. The molecule has 1 aromatic heterocycles. The van der Waals surface area contributed by atoms with E-state index in [9.17, 15) is 14.0 Å². The van der Waals surface area contributed by atoms with Gasteiger partial charge in [-0.3, -0.25) is 14.2 Å². The number of aromatic nitrogens is 2. The average molecular weight is 389 g/mol. The van der Waals surface area contributed by atoms with E-state index in [-0.39, 0.29) is 29.2 Å². The van der Waals surface area contributed by atoms with Gasteiger partial charge >= 0.3 is 0 Å². The van der Waals surface area contributed by atoms with E-state index in [0.717, 1.165) is 11.8 Å². The Hall–Kier alpha value is -2.44. The van der Waals surface area contributed by atoms with Gasteiger partial charge in [0.1, 0.15) is 5.82 Å². The maximum Gasteiger partial charge on any atom is 0.262 e. The molecule has 0 saturated heterocycles. The first-order valence-electron chi connectivity index (χ1n) is 7.72. The van der Waals surface area contributed by atoms with Crippen LogP contribution in [0.3, 0.4) is 0 Å². The molecule has 3 rings (SSSR count). The molecule has 0 aliphatic rings. The first-order valence-corrected chi connectivity index (χ1v) is 9.08. The Labute approximate surface area is 158 Å². The van der Waals surface area contributed by atoms with Crippen LogP contribution in [0.5, 0.6) is 0 Å². The summed E-state index contributed by atoms with van der Waals surface area (Å²) < 4.78 is 14.7. The maximum absolute atomic E-state index is 13.3. The summed E-state index contributed by atoms with van der Waals surface area (Å²) in [7, 11) is 0. The van der Waals surface area contributed by atoms with Crippen molar-refractivity contribution in [3.8, 4) is 0 Å². The van der Waals surface area contributed by atoms with Crippen LogP contribution >= 0.6 is 23.4 Å². The molecule has 1 heterocycles. The van der Waals surface area contributed by atoms with Gasteiger partial charge in [-0.1, -0.05) is 41.6 Å². The summed E-state index contributed by atoms with van der Waals surface area (Å²) in [4.78, 5) is 29.5. The number of carbonyl (C=O) groups excluding carboxylic acids is 1. The highest BCUT2D eigenvalue weighted by molar-refractivity contribution is 7.99. The summed E-state index contributed by atoms with van der Waals surface area (Å²) in [6.07, 6.45) is 1.58. The molecule has 0 atom stereocenters. The first-order chi connectivity index (χ1) is 12.5. The molecule has 0 N–H and O–H groups in total. The van der Waals surface area contributed by atoms with Crippen molar-refractivity contribution in [1.82, 2.24) is 9.55 Å². The van der Waals surface area contributed by atoms with E-state index in [4.69, 9.17) is 11.6 Å². The molecule has 7 heteroatoms. The Kier molecular flexibility index (Phi) is 5.54. The number of hydrogen-bond donors (Lipinski definition) is 0. The predicted octanol–water partition coefficient (Wildman–Crippen LogP) is 4.35. The van der Waals surface area contributed by atoms with Gasteiger partial charge in [-0.2, -0.15) is 0 Å². The third kappa shape index (κ3) is 3.86. The molecule has 0 aliphatic carbocycles. The number of allylic oxidation sites excluding steroid dienone is 1. The van der Waals surface area contributed by atoms with Crippen molar-refractivity contribution in [2.75, 3.05) is 5.75 Å². The minimum atomic E-state index is -0.467. The fraction of sp³-hybridized carbons (Fsp3) is 0.105. The second-order valence-corrected chi connectivity index (χ2v) is 6.86. The lowest BCUT2D eigenvalue weighted by atomic mass is 10.1. The van der Waals surface area contributed by atoms with Gasteiger partial charge in [0.25, 0.3) is 5.56 Å². The Morgan fingerprint density at radius 1 is 1.31 bits per heavy atom. The first kappa shape index (κ1) is 18.4. The zero-order valence-corrected chi connectivity index (χ0v) is 15.2. The molecular formula is C19H14ClFN2O2S. The number of thioether (sulfide) groups is 1. The molecule has 0 amide bonds. The highest BCUT2D eigenvalue weighted by Crippen LogP contribution is 2.21. The molecule has 0 radical (unpaired) electrons. The lowest BCUT2D eigenvalue weighted by Crippen LogP contribution is -2.23. The number of Topliss-reactive ketones (excluding diaryl/α,β-unsaturated/α-hetero) is 1. The van der Waals surface area contributed by atoms with Crippen molar-refractivity contribution in [3.05, 3.63) is 81.9 Å². The molecule has 0 spiro atoms. The summed E-state index contributed by atoms with van der Waals surface area (Å²) in [6, 6.07) is 10.4. The largest absolute Gasteiger partial charge is 0.293 e. The van der Waals surface area contributed by atoms with Gasteiger partial charge in [0, 0.05) is 17.1 Å². The van der Waals surface area contributed by atoms with Crippen molar-refractivity contribution in [1.29, 1.82) is 0 Å². The van der Waals surface area contributed by atoms with Crippen molar-refractivity contribution < 1.29 is 9.18 Å². The summed E-state index contributed by atoms with van der Waals surface area (Å²) >= 11 is 7.09. The molecular weight excluding hydrogens is 375 g/mol.